The minimum Gasteiger partial charge on any atom is -0.465 e. The lowest BCUT2D eigenvalue weighted by Crippen LogP contribution is -2.41. The van der Waals surface area contributed by atoms with Gasteiger partial charge >= 0.3 is 26.2 Å². The highest BCUT2D eigenvalue weighted by atomic mass is 16.7. The second kappa shape index (κ2) is 12.9. The van der Waals surface area contributed by atoms with Crippen LogP contribution < -0.4 is 10.9 Å². The van der Waals surface area contributed by atoms with Crippen molar-refractivity contribution < 1.29 is 37.7 Å². The van der Waals surface area contributed by atoms with Gasteiger partial charge in [0, 0.05) is 0 Å². The average molecular weight is 690 g/mol. The van der Waals surface area contributed by atoms with Crippen LogP contribution in [0.5, 0.6) is 0 Å². The molecule has 4 aromatic carbocycles. The zero-order chi connectivity index (χ0) is 37.3. The van der Waals surface area contributed by atoms with Gasteiger partial charge in [-0.25, -0.2) is 9.59 Å². The fourth-order valence-electron chi connectivity index (χ4n) is 6.55. The van der Waals surface area contributed by atoms with Crippen LogP contribution in [0.4, 0.5) is 0 Å². The number of fused-ring (bicyclic) bond motifs is 1. The van der Waals surface area contributed by atoms with E-state index >= 15 is 0 Å². The molecule has 4 aromatic rings. The van der Waals surface area contributed by atoms with E-state index in [2.05, 4.69) is 24.3 Å². The van der Waals surface area contributed by atoms with E-state index in [-0.39, 0.29) is 12.6 Å². The second-order valence-electron chi connectivity index (χ2n) is 15.7. The standard InChI is InChI=1S/C41H48B2O8/c1-13-47-37(45)31-19-27(17-15-25(31)3)33-21-29(43-50-40(8,9)41(10,11)51-43)22-34-32(26-16-14-24(2)30(18-26)36(44)46-12)20-28(23-35(33)34)42-48-38(4,5)39(6,7)49-42/h14-23H,13H2,1-12H3. The van der Waals surface area contributed by atoms with Crippen molar-refractivity contribution in [2.75, 3.05) is 13.7 Å². The minimum atomic E-state index is -0.660. The number of aryl methyl sites for hydroxylation is 2. The van der Waals surface area contributed by atoms with E-state index in [1.54, 1.807) is 6.92 Å². The number of hydrogen-bond donors (Lipinski definition) is 0. The first kappa shape index (κ1) is 36.8. The van der Waals surface area contributed by atoms with Crippen molar-refractivity contribution in [3.8, 4) is 22.3 Å². The van der Waals surface area contributed by atoms with Crippen molar-refractivity contribution in [2.45, 2.75) is 98.6 Å². The molecule has 2 fully saturated rings. The summed E-state index contributed by atoms with van der Waals surface area (Å²) in [4.78, 5) is 26.0. The number of benzene rings is 4. The normalized spacial score (nSPS) is 18.7. The molecule has 0 aromatic heterocycles. The third-order valence-electron chi connectivity index (χ3n) is 11.2. The molecule has 0 radical (unpaired) electrons. The number of carbonyl (C=O) groups excluding carboxylic acids is 2. The first-order valence-electron chi connectivity index (χ1n) is 17.6. The van der Waals surface area contributed by atoms with E-state index in [9.17, 15) is 9.59 Å². The molecular formula is C41H48B2O8. The van der Waals surface area contributed by atoms with E-state index in [1.165, 1.54) is 7.11 Å². The Bertz CT molecular complexity index is 2020. The van der Waals surface area contributed by atoms with Gasteiger partial charge in [0.25, 0.3) is 0 Å². The lowest BCUT2D eigenvalue weighted by atomic mass is 9.72. The molecular weight excluding hydrogens is 642 g/mol. The third-order valence-corrected chi connectivity index (χ3v) is 11.2. The van der Waals surface area contributed by atoms with Crippen molar-refractivity contribution in [3.63, 3.8) is 0 Å². The fourth-order valence-corrected chi connectivity index (χ4v) is 6.55. The van der Waals surface area contributed by atoms with E-state index in [1.807, 2.05) is 106 Å². The maximum absolute atomic E-state index is 13.1. The molecule has 2 aliphatic rings. The Morgan fingerprint density at radius 3 is 1.31 bits per heavy atom. The number of ether oxygens (including phenoxy) is 2. The van der Waals surface area contributed by atoms with Crippen LogP contribution in [-0.4, -0.2) is 62.3 Å². The minimum absolute atomic E-state index is 0.272. The quantitative estimate of drug-likeness (QED) is 0.147. The van der Waals surface area contributed by atoms with Gasteiger partial charge in [-0.2, -0.15) is 0 Å². The number of carbonyl (C=O) groups is 2. The highest BCUT2D eigenvalue weighted by Gasteiger charge is 2.53. The van der Waals surface area contributed by atoms with Gasteiger partial charge in [0.1, 0.15) is 0 Å². The zero-order valence-corrected chi connectivity index (χ0v) is 31.9. The second-order valence-corrected chi connectivity index (χ2v) is 15.7. The van der Waals surface area contributed by atoms with Crippen LogP contribution in [0, 0.1) is 13.8 Å². The molecule has 0 atom stereocenters. The van der Waals surface area contributed by atoms with Gasteiger partial charge in [-0.3, -0.25) is 0 Å². The summed E-state index contributed by atoms with van der Waals surface area (Å²) in [6, 6.07) is 20.0. The van der Waals surface area contributed by atoms with Gasteiger partial charge in [-0.15, -0.1) is 0 Å². The maximum Gasteiger partial charge on any atom is 0.494 e. The molecule has 51 heavy (non-hydrogen) atoms. The lowest BCUT2D eigenvalue weighted by Gasteiger charge is -2.32. The van der Waals surface area contributed by atoms with Crippen LogP contribution in [0.2, 0.25) is 0 Å². The van der Waals surface area contributed by atoms with Crippen LogP contribution in [0.15, 0.2) is 60.7 Å². The summed E-state index contributed by atoms with van der Waals surface area (Å²) in [5, 5.41) is 1.80. The largest absolute Gasteiger partial charge is 0.494 e. The zero-order valence-electron chi connectivity index (χ0n) is 31.9. The summed E-state index contributed by atoms with van der Waals surface area (Å²) in [6.07, 6.45) is 0. The molecule has 2 aliphatic heterocycles. The highest BCUT2D eigenvalue weighted by Crippen LogP contribution is 2.41. The number of rotatable bonds is 7. The smallest absolute Gasteiger partial charge is 0.465 e. The maximum atomic E-state index is 13.1. The highest BCUT2D eigenvalue weighted by molar-refractivity contribution is 6.64. The molecule has 10 heteroatoms. The number of hydrogen-bond acceptors (Lipinski definition) is 8. The molecule has 266 valence electrons. The van der Waals surface area contributed by atoms with Gasteiger partial charge in [0.15, 0.2) is 0 Å². The summed E-state index contributed by atoms with van der Waals surface area (Å²) in [5.41, 5.74) is 5.33. The summed E-state index contributed by atoms with van der Waals surface area (Å²) in [6.45, 7) is 22.1. The molecule has 0 N–H and O–H groups in total. The van der Waals surface area contributed by atoms with Crippen molar-refractivity contribution in [1.29, 1.82) is 0 Å². The molecule has 0 bridgehead atoms. The first-order chi connectivity index (χ1) is 23.8. The summed E-state index contributed by atoms with van der Waals surface area (Å²) in [7, 11) is 0.0673. The van der Waals surface area contributed by atoms with Crippen LogP contribution in [0.1, 0.15) is 94.2 Å². The van der Waals surface area contributed by atoms with Crippen molar-refractivity contribution in [1.82, 2.24) is 0 Å². The van der Waals surface area contributed by atoms with E-state index in [0.29, 0.717) is 11.1 Å². The molecule has 0 unspecified atom stereocenters. The number of esters is 2. The summed E-state index contributed by atoms with van der Waals surface area (Å²) < 4.78 is 36.9. The van der Waals surface area contributed by atoms with Crippen molar-refractivity contribution in [2.24, 2.45) is 0 Å². The summed E-state index contributed by atoms with van der Waals surface area (Å²) in [5.74, 6) is -0.789. The van der Waals surface area contributed by atoms with Crippen molar-refractivity contribution >= 4 is 47.9 Å². The Kier molecular flexibility index (Phi) is 9.33. The van der Waals surface area contributed by atoms with E-state index in [4.69, 9.17) is 28.1 Å². The van der Waals surface area contributed by atoms with Crippen LogP contribution in [0.3, 0.4) is 0 Å². The van der Waals surface area contributed by atoms with Gasteiger partial charge in [0.05, 0.1) is 47.2 Å². The Hall–Kier alpha value is -3.95. The molecule has 2 heterocycles. The van der Waals surface area contributed by atoms with E-state index in [0.717, 1.165) is 55.1 Å². The molecule has 0 amide bonds. The lowest BCUT2D eigenvalue weighted by molar-refractivity contribution is 0.00578. The van der Waals surface area contributed by atoms with Gasteiger partial charge in [-0.1, -0.05) is 48.5 Å². The molecule has 0 spiro atoms. The Morgan fingerprint density at radius 1 is 0.588 bits per heavy atom. The summed E-state index contributed by atoms with van der Waals surface area (Å²) >= 11 is 0. The predicted molar refractivity (Wildman–Crippen MR) is 203 cm³/mol. The first-order valence-corrected chi connectivity index (χ1v) is 17.6. The average Bonchev–Trinajstić information content (AvgIpc) is 3.43. The topological polar surface area (TPSA) is 89.5 Å². The van der Waals surface area contributed by atoms with Crippen LogP contribution >= 0.6 is 0 Å². The van der Waals surface area contributed by atoms with Crippen LogP contribution in [0.25, 0.3) is 33.0 Å². The fraction of sp³-hybridized carbons (Fsp3) is 0.415. The van der Waals surface area contributed by atoms with Crippen LogP contribution in [-0.2, 0) is 28.1 Å². The van der Waals surface area contributed by atoms with E-state index < -0.39 is 42.6 Å². The monoisotopic (exact) mass is 690 g/mol. The van der Waals surface area contributed by atoms with Gasteiger partial charge in [-0.05, 0) is 143 Å². The molecule has 8 nitrogen and oxygen atoms in total. The third kappa shape index (κ3) is 6.52. The predicted octanol–water partition coefficient (Wildman–Crippen LogP) is 7.35. The van der Waals surface area contributed by atoms with Crippen molar-refractivity contribution in [3.05, 3.63) is 82.9 Å². The molecule has 0 saturated carbocycles. The van der Waals surface area contributed by atoms with Gasteiger partial charge in [0.2, 0.25) is 0 Å². The molecule has 2 saturated heterocycles. The SMILES string of the molecule is CCOC(=O)c1cc(-c2cc(B3OC(C)(C)C(C)(C)O3)cc3c(-c4ccc(C)c(C(=O)OC)c4)cc(B4OC(C)(C)C(C)(C)O4)cc23)ccc1C. The Labute approximate surface area is 302 Å². The molecule has 0 aliphatic carbocycles. The Morgan fingerprint density at radius 2 is 0.961 bits per heavy atom. The Balaban J connectivity index is 1.69. The number of methoxy groups -OCH3 is 1. The molecule has 6 rings (SSSR count). The van der Waals surface area contributed by atoms with Gasteiger partial charge < -0.3 is 28.1 Å².